The highest BCUT2D eigenvalue weighted by Crippen LogP contribution is 2.11. The molecular weight excluding hydrogens is 164 g/mol. The molecule has 2 N–H and O–H groups in total. The normalized spacial score (nSPS) is 15.0. The molecule has 0 spiro atoms. The third-order valence-corrected chi connectivity index (χ3v) is 2.27. The van der Waals surface area contributed by atoms with Crippen molar-refractivity contribution in [3.05, 3.63) is 0 Å². The molecule has 0 aliphatic heterocycles. The van der Waals surface area contributed by atoms with Crippen LogP contribution in [0.4, 0.5) is 0 Å². The highest BCUT2D eigenvalue weighted by Gasteiger charge is 2.18. The summed E-state index contributed by atoms with van der Waals surface area (Å²) in [5.41, 5.74) is -0.136. The zero-order chi connectivity index (χ0) is 10.5. The Labute approximate surface area is 82.1 Å². The van der Waals surface area contributed by atoms with Crippen LogP contribution in [0.2, 0.25) is 0 Å². The van der Waals surface area contributed by atoms with Crippen LogP contribution < -0.4 is 5.32 Å². The fourth-order valence-corrected chi connectivity index (χ4v) is 1.03. The average Bonchev–Trinajstić information content (AvgIpc) is 2.02. The molecule has 0 aromatic rings. The minimum atomic E-state index is -0.136. The maximum absolute atomic E-state index is 9.58. The van der Waals surface area contributed by atoms with E-state index in [2.05, 4.69) is 12.2 Å². The topological polar surface area (TPSA) is 35.5 Å². The summed E-state index contributed by atoms with van der Waals surface area (Å²) in [5, 5.41) is 14.2. The third-order valence-electron chi connectivity index (χ3n) is 2.27. The van der Waals surface area contributed by atoms with Gasteiger partial charge in [0, 0.05) is 18.1 Å². The van der Waals surface area contributed by atoms with Crippen LogP contribution in [0, 0.1) is 0 Å². The van der Waals surface area contributed by atoms with E-state index in [1.807, 2.05) is 27.8 Å². The Bertz CT molecular complexity index is 131. The quantitative estimate of drug-likeness (QED) is 0.646. The van der Waals surface area contributed by atoms with Crippen molar-refractivity contribution in [1.29, 1.82) is 0 Å². The van der Waals surface area contributed by atoms with Gasteiger partial charge in [-0.05, 0) is 47.6 Å². The van der Waals surface area contributed by atoms with E-state index < -0.39 is 0 Å². The Balaban J connectivity index is 3.54. The summed E-state index contributed by atoms with van der Waals surface area (Å²) < 4.78 is 0. The Hall–Kier alpha value is -0.120. The molecular formula is C10H24N2O. The Kier molecular flexibility index (Phi) is 5.53. The Morgan fingerprint density at radius 2 is 1.92 bits per heavy atom. The number of rotatable bonds is 5. The van der Waals surface area contributed by atoms with E-state index in [0.29, 0.717) is 6.04 Å². The third kappa shape index (κ3) is 6.02. The average molecular weight is 188 g/mol. The second-order valence-electron chi connectivity index (χ2n) is 4.63. The van der Waals surface area contributed by atoms with Crippen LogP contribution in [0.3, 0.4) is 0 Å². The maximum Gasteiger partial charge on any atom is 0.0376 e. The van der Waals surface area contributed by atoms with Gasteiger partial charge in [-0.3, -0.25) is 0 Å². The van der Waals surface area contributed by atoms with E-state index in [4.69, 9.17) is 0 Å². The lowest BCUT2D eigenvalue weighted by molar-refractivity contribution is -0.156. The van der Waals surface area contributed by atoms with E-state index in [-0.39, 0.29) is 5.54 Å². The van der Waals surface area contributed by atoms with E-state index in [0.717, 1.165) is 19.4 Å². The molecule has 1 unspecified atom stereocenters. The van der Waals surface area contributed by atoms with Crippen molar-refractivity contribution in [2.75, 3.05) is 13.6 Å². The highest BCUT2D eigenvalue weighted by molar-refractivity contribution is 4.69. The van der Waals surface area contributed by atoms with E-state index >= 15 is 0 Å². The first-order valence-corrected chi connectivity index (χ1v) is 5.01. The first kappa shape index (κ1) is 12.9. The molecule has 0 radical (unpaired) electrons. The van der Waals surface area contributed by atoms with Crippen LogP contribution in [0.15, 0.2) is 0 Å². The van der Waals surface area contributed by atoms with Crippen LogP contribution in [-0.2, 0) is 0 Å². The SMILES string of the molecule is CNC(C)CCCN(O)C(C)(C)C. The molecule has 0 rings (SSSR count). The summed E-state index contributed by atoms with van der Waals surface area (Å²) in [6, 6.07) is 0.536. The molecule has 0 aliphatic carbocycles. The van der Waals surface area contributed by atoms with Gasteiger partial charge in [0.1, 0.15) is 0 Å². The minimum absolute atomic E-state index is 0.136. The van der Waals surface area contributed by atoms with Gasteiger partial charge >= 0.3 is 0 Å². The number of nitrogens with zero attached hydrogens (tertiary/aromatic N) is 1. The largest absolute Gasteiger partial charge is 0.317 e. The van der Waals surface area contributed by atoms with Gasteiger partial charge in [-0.25, -0.2) is 0 Å². The second kappa shape index (κ2) is 5.58. The molecule has 0 saturated heterocycles. The predicted octanol–water partition coefficient (Wildman–Crippen LogP) is 1.86. The molecule has 0 saturated carbocycles. The van der Waals surface area contributed by atoms with E-state index in [1.165, 1.54) is 5.06 Å². The second-order valence-corrected chi connectivity index (χ2v) is 4.63. The molecule has 0 aromatic carbocycles. The summed E-state index contributed by atoms with van der Waals surface area (Å²) in [5.74, 6) is 0. The molecule has 13 heavy (non-hydrogen) atoms. The lowest BCUT2D eigenvalue weighted by atomic mass is 10.1. The zero-order valence-electron chi connectivity index (χ0n) is 9.59. The first-order chi connectivity index (χ1) is 5.88. The maximum atomic E-state index is 9.58. The standard InChI is InChI=1S/C10H24N2O/c1-9(11-5)7-6-8-12(13)10(2,3)4/h9,11,13H,6-8H2,1-5H3. The van der Waals surface area contributed by atoms with Crippen molar-refractivity contribution < 1.29 is 5.21 Å². The monoisotopic (exact) mass is 188 g/mol. The zero-order valence-corrected chi connectivity index (χ0v) is 9.59. The van der Waals surface area contributed by atoms with Crippen LogP contribution in [0.1, 0.15) is 40.5 Å². The summed E-state index contributed by atoms with van der Waals surface area (Å²) in [7, 11) is 1.96. The smallest absolute Gasteiger partial charge is 0.0376 e. The molecule has 0 fully saturated rings. The Morgan fingerprint density at radius 1 is 1.38 bits per heavy atom. The summed E-state index contributed by atoms with van der Waals surface area (Å²) >= 11 is 0. The number of hydroxylamine groups is 2. The summed E-state index contributed by atoms with van der Waals surface area (Å²) in [6.45, 7) is 8.92. The molecule has 0 aromatic heterocycles. The van der Waals surface area contributed by atoms with Crippen molar-refractivity contribution in [3.63, 3.8) is 0 Å². The highest BCUT2D eigenvalue weighted by atomic mass is 16.5. The van der Waals surface area contributed by atoms with Crippen LogP contribution in [0.5, 0.6) is 0 Å². The minimum Gasteiger partial charge on any atom is -0.317 e. The van der Waals surface area contributed by atoms with Crippen LogP contribution >= 0.6 is 0 Å². The van der Waals surface area contributed by atoms with Crippen LogP contribution in [-0.4, -0.2) is 35.4 Å². The predicted molar refractivity (Wildman–Crippen MR) is 56.0 cm³/mol. The number of hydrogen-bond donors (Lipinski definition) is 2. The Morgan fingerprint density at radius 3 is 2.31 bits per heavy atom. The molecule has 0 bridgehead atoms. The first-order valence-electron chi connectivity index (χ1n) is 5.01. The molecule has 3 nitrogen and oxygen atoms in total. The van der Waals surface area contributed by atoms with Crippen molar-refractivity contribution in [2.45, 2.75) is 52.1 Å². The summed E-state index contributed by atoms with van der Waals surface area (Å²) in [4.78, 5) is 0. The van der Waals surface area contributed by atoms with Crippen LogP contribution in [0.25, 0.3) is 0 Å². The molecule has 80 valence electrons. The van der Waals surface area contributed by atoms with E-state index in [9.17, 15) is 5.21 Å². The van der Waals surface area contributed by atoms with Crippen molar-refractivity contribution in [1.82, 2.24) is 10.4 Å². The van der Waals surface area contributed by atoms with Crippen molar-refractivity contribution in [3.8, 4) is 0 Å². The van der Waals surface area contributed by atoms with Gasteiger partial charge < -0.3 is 10.5 Å². The number of hydrogen-bond acceptors (Lipinski definition) is 3. The lowest BCUT2D eigenvalue weighted by Gasteiger charge is -2.29. The molecule has 0 aliphatic rings. The van der Waals surface area contributed by atoms with Gasteiger partial charge in [0.05, 0.1) is 0 Å². The van der Waals surface area contributed by atoms with Gasteiger partial charge in [0.25, 0.3) is 0 Å². The fraction of sp³-hybridized carbons (Fsp3) is 1.00. The van der Waals surface area contributed by atoms with Gasteiger partial charge in [-0.15, -0.1) is 0 Å². The summed E-state index contributed by atoms with van der Waals surface area (Å²) in [6.07, 6.45) is 2.12. The molecule has 1 atom stereocenters. The number of nitrogens with one attached hydrogen (secondary N) is 1. The molecule has 0 amide bonds. The van der Waals surface area contributed by atoms with Gasteiger partial charge in [-0.1, -0.05) is 0 Å². The van der Waals surface area contributed by atoms with E-state index in [1.54, 1.807) is 0 Å². The molecule has 3 heteroatoms. The lowest BCUT2D eigenvalue weighted by Crippen LogP contribution is -2.39. The fourth-order valence-electron chi connectivity index (χ4n) is 1.03. The molecule has 0 heterocycles. The van der Waals surface area contributed by atoms with Crippen molar-refractivity contribution >= 4 is 0 Å². The van der Waals surface area contributed by atoms with Crippen molar-refractivity contribution in [2.24, 2.45) is 0 Å². The van der Waals surface area contributed by atoms with Gasteiger partial charge in [0.2, 0.25) is 0 Å². The van der Waals surface area contributed by atoms with Gasteiger partial charge in [0.15, 0.2) is 0 Å². The van der Waals surface area contributed by atoms with Gasteiger partial charge in [-0.2, -0.15) is 5.06 Å².